The summed E-state index contributed by atoms with van der Waals surface area (Å²) in [5.41, 5.74) is -0.826. The van der Waals surface area contributed by atoms with Gasteiger partial charge in [-0.1, -0.05) is 55.4 Å². The van der Waals surface area contributed by atoms with Crippen molar-refractivity contribution in [1.82, 2.24) is 0 Å². The van der Waals surface area contributed by atoms with E-state index in [2.05, 4.69) is 55.4 Å². The van der Waals surface area contributed by atoms with Gasteiger partial charge in [-0.05, 0) is 95.9 Å². The molecule has 192 valence electrons. The van der Waals surface area contributed by atoms with Crippen LogP contribution in [0.1, 0.15) is 100 Å². The van der Waals surface area contributed by atoms with Gasteiger partial charge in [0.25, 0.3) is 0 Å². The zero-order valence-corrected chi connectivity index (χ0v) is 22.7. The summed E-state index contributed by atoms with van der Waals surface area (Å²) in [6.45, 7) is 17.9. The third kappa shape index (κ3) is 2.66. The molecular formula is C30H48O4. The van der Waals surface area contributed by atoms with Crippen LogP contribution in [-0.4, -0.2) is 33.3 Å². The molecule has 0 spiro atoms. The van der Waals surface area contributed by atoms with Gasteiger partial charge in [0, 0.05) is 11.3 Å². The summed E-state index contributed by atoms with van der Waals surface area (Å²) in [5.74, 6) is 0.793. The molecule has 0 saturated heterocycles. The largest absolute Gasteiger partial charge is 0.504 e. The van der Waals surface area contributed by atoms with E-state index in [4.69, 9.17) is 0 Å². The quantitative estimate of drug-likeness (QED) is 0.400. The highest BCUT2D eigenvalue weighted by molar-refractivity contribution is 5.99. The van der Waals surface area contributed by atoms with Gasteiger partial charge in [-0.15, -0.1) is 0 Å². The number of fused-ring (bicyclic) bond motifs is 7. The molecule has 0 aromatic carbocycles. The Bertz CT molecular complexity index is 936. The molecule has 5 aliphatic carbocycles. The van der Waals surface area contributed by atoms with Gasteiger partial charge in [0.1, 0.15) is 0 Å². The Morgan fingerprint density at radius 3 is 2.15 bits per heavy atom. The molecular weight excluding hydrogens is 424 g/mol. The summed E-state index contributed by atoms with van der Waals surface area (Å²) in [4.78, 5) is 14.3. The Hall–Kier alpha value is -0.870. The average Bonchev–Trinajstić information content (AvgIpc) is 2.74. The van der Waals surface area contributed by atoms with Crippen molar-refractivity contribution in [2.45, 2.75) is 113 Å². The molecule has 4 heteroatoms. The Kier molecular flexibility index (Phi) is 5.20. The van der Waals surface area contributed by atoms with E-state index in [-0.39, 0.29) is 51.6 Å². The first kappa shape index (κ1) is 24.8. The van der Waals surface area contributed by atoms with Gasteiger partial charge in [0.2, 0.25) is 5.78 Å². The van der Waals surface area contributed by atoms with Crippen LogP contribution in [0.2, 0.25) is 0 Å². The predicted octanol–water partition coefficient (Wildman–Crippen LogP) is 6.06. The fourth-order valence-electron chi connectivity index (χ4n) is 10.9. The van der Waals surface area contributed by atoms with Gasteiger partial charge < -0.3 is 15.3 Å². The smallest absolute Gasteiger partial charge is 0.201 e. The summed E-state index contributed by atoms with van der Waals surface area (Å²) >= 11 is 0. The lowest BCUT2D eigenvalue weighted by molar-refractivity contribution is -0.224. The van der Waals surface area contributed by atoms with E-state index in [1.807, 2.05) is 0 Å². The van der Waals surface area contributed by atoms with E-state index in [9.17, 15) is 20.1 Å². The fraction of sp³-hybridized carbons (Fsp3) is 0.900. The molecule has 4 saturated carbocycles. The number of Topliss-reactive ketones (excluding diaryl/α,β-unsaturated/α-hetero) is 1. The number of carbonyl (C=O) groups is 1. The van der Waals surface area contributed by atoms with Crippen molar-refractivity contribution in [2.24, 2.45) is 56.7 Å². The molecule has 0 radical (unpaired) electrons. The second-order valence-corrected chi connectivity index (χ2v) is 14.9. The monoisotopic (exact) mass is 472 g/mol. The highest BCUT2D eigenvalue weighted by Crippen LogP contribution is 2.75. The minimum atomic E-state index is -0.626. The zero-order chi connectivity index (χ0) is 25.2. The molecule has 4 nitrogen and oxygen atoms in total. The highest BCUT2D eigenvalue weighted by atomic mass is 16.3. The third-order valence-electron chi connectivity index (χ3n) is 13.2. The maximum Gasteiger partial charge on any atom is 0.201 e. The number of aliphatic hydroxyl groups is 3. The molecule has 5 rings (SSSR count). The van der Waals surface area contributed by atoms with E-state index < -0.39 is 16.9 Å². The van der Waals surface area contributed by atoms with Crippen molar-refractivity contribution in [3.05, 3.63) is 11.3 Å². The van der Waals surface area contributed by atoms with Crippen LogP contribution in [0.15, 0.2) is 11.3 Å². The van der Waals surface area contributed by atoms with Crippen LogP contribution in [0.4, 0.5) is 0 Å². The summed E-state index contributed by atoms with van der Waals surface area (Å²) in [5, 5.41) is 34.7. The molecule has 0 aromatic heterocycles. The van der Waals surface area contributed by atoms with Crippen LogP contribution < -0.4 is 0 Å². The Morgan fingerprint density at radius 1 is 0.853 bits per heavy atom. The first-order chi connectivity index (χ1) is 15.6. The number of rotatable bonds is 0. The molecule has 0 aliphatic heterocycles. The molecule has 34 heavy (non-hydrogen) atoms. The van der Waals surface area contributed by atoms with Gasteiger partial charge in [0.15, 0.2) is 5.76 Å². The molecule has 0 aromatic rings. The third-order valence-corrected chi connectivity index (χ3v) is 13.2. The van der Waals surface area contributed by atoms with E-state index in [0.29, 0.717) is 18.3 Å². The molecule has 0 heterocycles. The Balaban J connectivity index is 1.73. The summed E-state index contributed by atoms with van der Waals surface area (Å²) in [7, 11) is 0. The Morgan fingerprint density at radius 2 is 1.50 bits per heavy atom. The van der Waals surface area contributed by atoms with Gasteiger partial charge in [-0.3, -0.25) is 4.79 Å². The lowest BCUT2D eigenvalue weighted by Gasteiger charge is -2.71. The maximum atomic E-state index is 14.3. The average molecular weight is 473 g/mol. The van der Waals surface area contributed by atoms with Crippen molar-refractivity contribution in [3.63, 3.8) is 0 Å². The molecule has 5 aliphatic rings. The zero-order valence-electron chi connectivity index (χ0n) is 22.7. The lowest BCUT2D eigenvalue weighted by atomic mass is 9.32. The highest BCUT2D eigenvalue weighted by Gasteiger charge is 2.73. The number of hydrogen-bond acceptors (Lipinski definition) is 4. The van der Waals surface area contributed by atoms with Crippen LogP contribution in [0, 0.1) is 56.7 Å². The number of ketones is 1. The van der Waals surface area contributed by atoms with E-state index >= 15 is 0 Å². The minimum Gasteiger partial charge on any atom is -0.504 e. The molecule has 11 atom stereocenters. The lowest BCUT2D eigenvalue weighted by Crippen LogP contribution is -2.70. The first-order valence-corrected chi connectivity index (χ1v) is 13.9. The molecule has 0 bridgehead atoms. The van der Waals surface area contributed by atoms with Gasteiger partial charge in [-0.2, -0.15) is 0 Å². The van der Waals surface area contributed by atoms with Crippen molar-refractivity contribution in [3.8, 4) is 0 Å². The number of carbonyl (C=O) groups excluding carboxylic acids is 1. The molecule has 4 fully saturated rings. The van der Waals surface area contributed by atoms with Crippen LogP contribution in [-0.2, 0) is 4.79 Å². The molecule has 11 unspecified atom stereocenters. The van der Waals surface area contributed by atoms with Crippen LogP contribution in [0.25, 0.3) is 0 Å². The van der Waals surface area contributed by atoms with E-state index in [1.165, 1.54) is 0 Å². The number of hydrogen-bond donors (Lipinski definition) is 3. The predicted molar refractivity (Wildman–Crippen MR) is 134 cm³/mol. The van der Waals surface area contributed by atoms with Gasteiger partial charge in [0.05, 0.1) is 12.2 Å². The first-order valence-electron chi connectivity index (χ1n) is 13.9. The second-order valence-electron chi connectivity index (χ2n) is 14.9. The Labute approximate surface area is 206 Å². The van der Waals surface area contributed by atoms with Gasteiger partial charge >= 0.3 is 0 Å². The fourth-order valence-corrected chi connectivity index (χ4v) is 10.9. The molecule has 0 amide bonds. The van der Waals surface area contributed by atoms with Gasteiger partial charge in [-0.25, -0.2) is 0 Å². The topological polar surface area (TPSA) is 77.8 Å². The van der Waals surface area contributed by atoms with Crippen molar-refractivity contribution < 1.29 is 20.1 Å². The number of aliphatic hydroxyl groups excluding tert-OH is 3. The minimum absolute atomic E-state index is 0.0216. The standard InChI is InChI=1S/C30H48O4/c1-16-9-12-27(5)15-20(32)30(8)22(21(27)17(16)2)23(33)24(34)25-28(6)13-11-19(31)26(3,4)18(28)10-14-29(25,30)7/h16-21,25,31-33H,9-15H2,1-8H3. The van der Waals surface area contributed by atoms with Crippen molar-refractivity contribution in [2.75, 3.05) is 0 Å². The maximum absolute atomic E-state index is 14.3. The van der Waals surface area contributed by atoms with Crippen molar-refractivity contribution in [1.29, 1.82) is 0 Å². The van der Waals surface area contributed by atoms with E-state index in [1.54, 1.807) is 0 Å². The SMILES string of the molecule is CC1CCC2(C)CC(O)C3(C)C(=C(O)C(=O)C4C5(C)CCC(O)C(C)(C)C5CCC43C)C2C1C. The number of allylic oxidation sites excluding steroid dienone is 1. The van der Waals surface area contributed by atoms with Crippen LogP contribution >= 0.6 is 0 Å². The molecule has 3 N–H and O–H groups in total. The summed E-state index contributed by atoms with van der Waals surface area (Å²) in [6, 6.07) is 0. The van der Waals surface area contributed by atoms with Crippen LogP contribution in [0.3, 0.4) is 0 Å². The normalized spacial score (nSPS) is 56.8. The van der Waals surface area contributed by atoms with E-state index in [0.717, 1.165) is 44.1 Å². The van der Waals surface area contributed by atoms with Crippen LogP contribution in [0.5, 0.6) is 0 Å². The summed E-state index contributed by atoms with van der Waals surface area (Å²) in [6.07, 6.45) is 5.24. The summed E-state index contributed by atoms with van der Waals surface area (Å²) < 4.78 is 0. The second kappa shape index (κ2) is 7.12. The van der Waals surface area contributed by atoms with Crippen molar-refractivity contribution >= 4 is 5.78 Å².